The van der Waals surface area contributed by atoms with Crippen LogP contribution in [-0.4, -0.2) is 28.4 Å². The normalized spacial score (nSPS) is 21.6. The van der Waals surface area contributed by atoms with Gasteiger partial charge >= 0.3 is 5.97 Å². The number of thiophene rings is 1. The second-order valence-electron chi connectivity index (χ2n) is 5.17. The molecule has 0 radical (unpaired) electrons. The standard InChI is InChI=1S/C14H19NO3S/c1-8(9(2)14(17)18)13(16)15-6-4-12-11(10(15)3)5-7-19-12/h5,7-10H,4,6H2,1-3H3,(H,17,18). The molecule has 1 N–H and O–H groups in total. The van der Waals surface area contributed by atoms with E-state index >= 15 is 0 Å². The van der Waals surface area contributed by atoms with Crippen molar-refractivity contribution in [3.05, 3.63) is 21.9 Å². The molecule has 1 aromatic heterocycles. The summed E-state index contributed by atoms with van der Waals surface area (Å²) in [6.07, 6.45) is 0.872. The monoisotopic (exact) mass is 281 g/mol. The van der Waals surface area contributed by atoms with Crippen molar-refractivity contribution in [2.24, 2.45) is 11.8 Å². The van der Waals surface area contributed by atoms with Crippen molar-refractivity contribution in [3.8, 4) is 0 Å². The number of hydrogen-bond acceptors (Lipinski definition) is 3. The van der Waals surface area contributed by atoms with E-state index < -0.39 is 17.8 Å². The van der Waals surface area contributed by atoms with Crippen molar-refractivity contribution in [1.82, 2.24) is 4.90 Å². The van der Waals surface area contributed by atoms with Crippen LogP contribution in [0.3, 0.4) is 0 Å². The van der Waals surface area contributed by atoms with Crippen molar-refractivity contribution < 1.29 is 14.7 Å². The first-order chi connectivity index (χ1) is 8.93. The SMILES string of the molecule is CC(C(=O)O)C(C)C(=O)N1CCc2sccc2C1C. The van der Waals surface area contributed by atoms with Gasteiger partial charge in [0.15, 0.2) is 0 Å². The summed E-state index contributed by atoms with van der Waals surface area (Å²) in [6.45, 7) is 6.00. The maximum Gasteiger partial charge on any atom is 0.307 e. The summed E-state index contributed by atoms with van der Waals surface area (Å²) in [6, 6.07) is 2.11. The molecule has 0 saturated carbocycles. The van der Waals surface area contributed by atoms with E-state index in [4.69, 9.17) is 5.11 Å². The lowest BCUT2D eigenvalue weighted by molar-refractivity contribution is -0.150. The third kappa shape index (κ3) is 2.52. The van der Waals surface area contributed by atoms with Gasteiger partial charge in [-0.25, -0.2) is 0 Å². The van der Waals surface area contributed by atoms with E-state index in [1.54, 1.807) is 25.2 Å². The Morgan fingerprint density at radius 1 is 1.42 bits per heavy atom. The number of carboxylic acids is 1. The predicted molar refractivity (Wildman–Crippen MR) is 74.1 cm³/mol. The lowest BCUT2D eigenvalue weighted by Crippen LogP contribution is -2.43. The number of carbonyl (C=O) groups is 2. The van der Waals surface area contributed by atoms with Gasteiger partial charge in [0.05, 0.1) is 12.0 Å². The second kappa shape index (κ2) is 5.33. The van der Waals surface area contributed by atoms with E-state index in [0.717, 1.165) is 6.42 Å². The highest BCUT2D eigenvalue weighted by Crippen LogP contribution is 2.34. The third-order valence-corrected chi connectivity index (χ3v) is 5.09. The quantitative estimate of drug-likeness (QED) is 0.926. The van der Waals surface area contributed by atoms with Gasteiger partial charge in [-0.2, -0.15) is 0 Å². The summed E-state index contributed by atoms with van der Waals surface area (Å²) in [7, 11) is 0. The zero-order valence-corrected chi connectivity index (χ0v) is 12.2. The molecule has 3 atom stereocenters. The van der Waals surface area contributed by atoms with Crippen LogP contribution in [0, 0.1) is 11.8 Å². The molecule has 1 aliphatic rings. The largest absolute Gasteiger partial charge is 0.481 e. The molecule has 0 saturated heterocycles. The van der Waals surface area contributed by atoms with E-state index in [1.165, 1.54) is 10.4 Å². The number of amides is 1. The number of fused-ring (bicyclic) bond motifs is 1. The van der Waals surface area contributed by atoms with Crippen LogP contribution in [0.25, 0.3) is 0 Å². The number of aliphatic carboxylic acids is 1. The van der Waals surface area contributed by atoms with Gasteiger partial charge in [-0.15, -0.1) is 11.3 Å². The van der Waals surface area contributed by atoms with Crippen LogP contribution in [0.15, 0.2) is 11.4 Å². The van der Waals surface area contributed by atoms with Gasteiger partial charge in [0.2, 0.25) is 5.91 Å². The van der Waals surface area contributed by atoms with E-state index in [0.29, 0.717) is 6.54 Å². The van der Waals surface area contributed by atoms with Crippen LogP contribution < -0.4 is 0 Å². The van der Waals surface area contributed by atoms with Crippen LogP contribution in [0.4, 0.5) is 0 Å². The molecule has 1 aliphatic heterocycles. The first kappa shape index (κ1) is 14.1. The van der Waals surface area contributed by atoms with Crippen molar-refractivity contribution in [2.75, 3.05) is 6.54 Å². The Kier molecular flexibility index (Phi) is 3.94. The maximum absolute atomic E-state index is 12.5. The molecule has 0 aromatic carbocycles. The van der Waals surface area contributed by atoms with Crippen LogP contribution in [0.2, 0.25) is 0 Å². The summed E-state index contributed by atoms with van der Waals surface area (Å²) in [5, 5.41) is 11.1. The molecule has 2 heterocycles. The molecule has 2 rings (SSSR count). The Morgan fingerprint density at radius 2 is 2.11 bits per heavy atom. The Morgan fingerprint density at radius 3 is 2.74 bits per heavy atom. The smallest absolute Gasteiger partial charge is 0.307 e. The number of hydrogen-bond donors (Lipinski definition) is 1. The van der Waals surface area contributed by atoms with Gasteiger partial charge in [0.25, 0.3) is 0 Å². The van der Waals surface area contributed by atoms with Gasteiger partial charge in [-0.1, -0.05) is 13.8 Å². The highest BCUT2D eigenvalue weighted by molar-refractivity contribution is 7.10. The van der Waals surface area contributed by atoms with Crippen LogP contribution in [0.1, 0.15) is 37.3 Å². The Hall–Kier alpha value is -1.36. The number of nitrogens with zero attached hydrogens (tertiary/aromatic N) is 1. The van der Waals surface area contributed by atoms with Gasteiger partial charge < -0.3 is 10.0 Å². The zero-order valence-electron chi connectivity index (χ0n) is 11.4. The number of carbonyl (C=O) groups excluding carboxylic acids is 1. The molecule has 0 fully saturated rings. The number of carboxylic acid groups (broad SMARTS) is 1. The molecule has 4 nitrogen and oxygen atoms in total. The Balaban J connectivity index is 2.15. The van der Waals surface area contributed by atoms with Gasteiger partial charge in [0.1, 0.15) is 0 Å². The molecule has 1 amide bonds. The van der Waals surface area contributed by atoms with E-state index in [-0.39, 0.29) is 11.9 Å². The second-order valence-corrected chi connectivity index (χ2v) is 6.17. The fourth-order valence-electron chi connectivity index (χ4n) is 2.50. The minimum Gasteiger partial charge on any atom is -0.481 e. The first-order valence-electron chi connectivity index (χ1n) is 6.53. The molecule has 0 aliphatic carbocycles. The molecule has 3 unspecified atom stereocenters. The van der Waals surface area contributed by atoms with E-state index in [2.05, 4.69) is 11.4 Å². The molecular formula is C14H19NO3S. The fourth-order valence-corrected chi connectivity index (χ4v) is 3.46. The Bertz CT molecular complexity index is 497. The molecule has 5 heteroatoms. The van der Waals surface area contributed by atoms with Gasteiger partial charge in [-0.05, 0) is 30.4 Å². The molecule has 104 valence electrons. The molecule has 1 aromatic rings. The summed E-state index contributed by atoms with van der Waals surface area (Å²) < 4.78 is 0. The molecule has 0 bridgehead atoms. The van der Waals surface area contributed by atoms with Crippen LogP contribution in [0.5, 0.6) is 0 Å². The van der Waals surface area contributed by atoms with Crippen LogP contribution in [-0.2, 0) is 16.0 Å². The first-order valence-corrected chi connectivity index (χ1v) is 7.41. The van der Waals surface area contributed by atoms with Crippen molar-refractivity contribution in [3.63, 3.8) is 0 Å². The van der Waals surface area contributed by atoms with Crippen molar-refractivity contribution in [1.29, 1.82) is 0 Å². The lowest BCUT2D eigenvalue weighted by Gasteiger charge is -2.36. The lowest BCUT2D eigenvalue weighted by atomic mass is 9.92. The van der Waals surface area contributed by atoms with Crippen molar-refractivity contribution >= 4 is 23.2 Å². The molecular weight excluding hydrogens is 262 g/mol. The third-order valence-electron chi connectivity index (χ3n) is 4.09. The molecule has 0 spiro atoms. The average Bonchev–Trinajstić information content (AvgIpc) is 2.85. The summed E-state index contributed by atoms with van der Waals surface area (Å²) in [5.41, 5.74) is 1.21. The van der Waals surface area contributed by atoms with E-state index in [9.17, 15) is 9.59 Å². The highest BCUT2D eigenvalue weighted by Gasteiger charge is 2.34. The average molecular weight is 281 g/mol. The summed E-state index contributed by atoms with van der Waals surface area (Å²) in [4.78, 5) is 26.6. The predicted octanol–water partition coefficient (Wildman–Crippen LogP) is 2.55. The number of rotatable bonds is 3. The highest BCUT2D eigenvalue weighted by atomic mass is 32.1. The maximum atomic E-state index is 12.5. The fraction of sp³-hybridized carbons (Fsp3) is 0.571. The molecule has 19 heavy (non-hydrogen) atoms. The topological polar surface area (TPSA) is 57.6 Å². The van der Waals surface area contributed by atoms with Crippen molar-refractivity contribution in [2.45, 2.75) is 33.2 Å². The minimum absolute atomic E-state index is 0.0472. The minimum atomic E-state index is -0.915. The summed E-state index contributed by atoms with van der Waals surface area (Å²) >= 11 is 1.73. The summed E-state index contributed by atoms with van der Waals surface area (Å²) in [5.74, 6) is -2.11. The van der Waals surface area contributed by atoms with E-state index in [1.807, 2.05) is 11.8 Å². The van der Waals surface area contributed by atoms with Crippen LogP contribution >= 0.6 is 11.3 Å². The van der Waals surface area contributed by atoms with Gasteiger partial charge in [-0.3, -0.25) is 9.59 Å². The zero-order chi connectivity index (χ0) is 14.2. The van der Waals surface area contributed by atoms with Gasteiger partial charge in [0, 0.05) is 17.3 Å². The Labute approximate surface area is 117 Å².